The van der Waals surface area contributed by atoms with E-state index in [9.17, 15) is 4.79 Å². The van der Waals surface area contributed by atoms with Crippen LogP contribution in [0.3, 0.4) is 0 Å². The van der Waals surface area contributed by atoms with Gasteiger partial charge in [-0.15, -0.1) is 10.2 Å². The predicted molar refractivity (Wildman–Crippen MR) is 138 cm³/mol. The molecule has 0 aliphatic heterocycles. The highest BCUT2D eigenvalue weighted by atomic mass is 32.2. The minimum atomic E-state index is -0.179. The van der Waals surface area contributed by atoms with Crippen molar-refractivity contribution in [1.29, 1.82) is 0 Å². The molecule has 0 aliphatic rings. The maximum atomic E-state index is 12.3. The van der Waals surface area contributed by atoms with Crippen molar-refractivity contribution in [3.05, 3.63) is 53.6 Å². The topological polar surface area (TPSA) is 123 Å². The number of nitrogens with two attached hydrogens (primary N) is 1. The zero-order chi connectivity index (χ0) is 24.5. The van der Waals surface area contributed by atoms with E-state index < -0.39 is 0 Å². The normalized spacial score (nSPS) is 10.9. The van der Waals surface area contributed by atoms with Gasteiger partial charge in [-0.3, -0.25) is 4.79 Å². The van der Waals surface area contributed by atoms with Gasteiger partial charge in [-0.05, 0) is 62.2 Å². The second kappa shape index (κ2) is 11.9. The number of ether oxygens (including phenoxy) is 1. The van der Waals surface area contributed by atoms with Crippen LogP contribution in [0.25, 0.3) is 0 Å². The summed E-state index contributed by atoms with van der Waals surface area (Å²) in [6.07, 6.45) is 1.68. The van der Waals surface area contributed by atoms with Gasteiger partial charge in [0.25, 0.3) is 5.95 Å². The summed E-state index contributed by atoms with van der Waals surface area (Å²) < 4.78 is 6.45. The van der Waals surface area contributed by atoms with Gasteiger partial charge in [0.15, 0.2) is 0 Å². The van der Waals surface area contributed by atoms with Gasteiger partial charge in [-0.1, -0.05) is 23.9 Å². The molecule has 1 amide bonds. The Labute approximate surface area is 203 Å². The fourth-order valence-corrected chi connectivity index (χ4v) is 3.85. The summed E-state index contributed by atoms with van der Waals surface area (Å²) in [5.41, 5.74) is 6.53. The van der Waals surface area contributed by atoms with Crippen LogP contribution in [0.15, 0.2) is 52.7 Å². The van der Waals surface area contributed by atoms with Crippen LogP contribution < -0.4 is 26.2 Å². The Bertz CT molecular complexity index is 1130. The monoisotopic (exact) mass is 482 g/mol. The average Bonchev–Trinajstić information content (AvgIpc) is 3.20. The van der Waals surface area contributed by atoms with Crippen molar-refractivity contribution in [1.82, 2.24) is 14.9 Å². The predicted octanol–water partition coefficient (Wildman–Crippen LogP) is 3.33. The summed E-state index contributed by atoms with van der Waals surface area (Å²) in [4.78, 5) is 14.6. The molecule has 0 aliphatic carbocycles. The van der Waals surface area contributed by atoms with Crippen molar-refractivity contribution >= 4 is 41.2 Å². The molecule has 1 aromatic heterocycles. The van der Waals surface area contributed by atoms with Gasteiger partial charge in [0.1, 0.15) is 5.75 Å². The number of nitrogens with one attached hydrogen (secondary N) is 2. The van der Waals surface area contributed by atoms with Crippen molar-refractivity contribution in [2.75, 3.05) is 47.4 Å². The quantitative estimate of drug-likeness (QED) is 0.165. The molecule has 0 spiro atoms. The fourth-order valence-electron chi connectivity index (χ4n) is 3.20. The van der Waals surface area contributed by atoms with E-state index in [2.05, 4.69) is 56.9 Å². The summed E-state index contributed by atoms with van der Waals surface area (Å²) in [5, 5.41) is 15.5. The van der Waals surface area contributed by atoms with Crippen LogP contribution in [0.1, 0.15) is 25.0 Å². The maximum absolute atomic E-state index is 12.3. The van der Waals surface area contributed by atoms with Gasteiger partial charge >= 0.3 is 0 Å². The van der Waals surface area contributed by atoms with E-state index in [-0.39, 0.29) is 17.6 Å². The van der Waals surface area contributed by atoms with E-state index in [1.807, 2.05) is 25.1 Å². The summed E-state index contributed by atoms with van der Waals surface area (Å²) >= 11 is 1.18. The number of carbonyl (C=O) groups is 1. The Hall–Kier alpha value is -3.73. The molecule has 4 N–H and O–H groups in total. The highest BCUT2D eigenvalue weighted by Crippen LogP contribution is 2.22. The highest BCUT2D eigenvalue weighted by Gasteiger charge is 2.13. The smallest absolute Gasteiger partial charge is 0.264 e. The van der Waals surface area contributed by atoms with E-state index in [1.54, 1.807) is 25.5 Å². The lowest BCUT2D eigenvalue weighted by Crippen LogP contribution is -2.21. The second-order valence-electron chi connectivity index (χ2n) is 7.33. The van der Waals surface area contributed by atoms with Crippen molar-refractivity contribution in [2.24, 2.45) is 5.10 Å². The van der Waals surface area contributed by atoms with Gasteiger partial charge < -0.3 is 20.8 Å². The number of aromatic nitrogens is 3. The van der Waals surface area contributed by atoms with Gasteiger partial charge in [-0.25, -0.2) is 10.1 Å². The number of methoxy groups -OCH3 is 1. The average molecular weight is 483 g/mol. The van der Waals surface area contributed by atoms with Crippen LogP contribution in [-0.4, -0.2) is 52.9 Å². The van der Waals surface area contributed by atoms with Gasteiger partial charge in [0.05, 0.1) is 19.1 Å². The molecule has 180 valence electrons. The van der Waals surface area contributed by atoms with Crippen LogP contribution in [-0.2, 0) is 4.79 Å². The Kier molecular flexibility index (Phi) is 8.74. The molecule has 0 saturated heterocycles. The first kappa shape index (κ1) is 24.9. The Balaban J connectivity index is 1.52. The van der Waals surface area contributed by atoms with Crippen molar-refractivity contribution in [3.63, 3.8) is 0 Å². The number of hydrogen-bond donors (Lipinski definition) is 3. The van der Waals surface area contributed by atoms with E-state index in [0.29, 0.717) is 5.16 Å². The molecule has 3 rings (SSSR count). The lowest BCUT2D eigenvalue weighted by Gasteiger charge is -2.20. The summed E-state index contributed by atoms with van der Waals surface area (Å²) in [6, 6.07) is 13.6. The number of thioether (sulfide) groups is 1. The minimum absolute atomic E-state index is 0.128. The van der Waals surface area contributed by atoms with Crippen LogP contribution in [0, 0.1) is 6.92 Å². The molecular weight excluding hydrogens is 452 g/mol. The summed E-state index contributed by atoms with van der Waals surface area (Å²) in [7, 11) is 1.60. The first-order valence-electron chi connectivity index (χ1n) is 10.9. The number of amides is 1. The Morgan fingerprint density at radius 1 is 1.21 bits per heavy atom. The molecular formula is C23H30N8O2S. The highest BCUT2D eigenvalue weighted by molar-refractivity contribution is 7.99. The number of anilines is 3. The number of aryl methyl sites for hydroxylation is 1. The van der Waals surface area contributed by atoms with Crippen LogP contribution in [0.5, 0.6) is 5.75 Å². The van der Waals surface area contributed by atoms with Crippen molar-refractivity contribution in [2.45, 2.75) is 25.9 Å². The first-order valence-corrected chi connectivity index (χ1v) is 11.9. The second-order valence-corrected chi connectivity index (χ2v) is 8.27. The van der Waals surface area contributed by atoms with Crippen LogP contribution >= 0.6 is 11.8 Å². The Morgan fingerprint density at radius 2 is 1.94 bits per heavy atom. The molecule has 0 unspecified atom stereocenters. The summed E-state index contributed by atoms with van der Waals surface area (Å²) in [5.74, 6) is 7.00. The third-order valence-corrected chi connectivity index (χ3v) is 6.05. The molecule has 0 bridgehead atoms. The number of hydrogen-bond acceptors (Lipinski definition) is 9. The molecule has 0 saturated carbocycles. The SMILES string of the molecule is CCN(CC)c1ccc(/C=N/Nc2nnc(SCC(=O)Nc3ccc(OC)cc3C)n2N)cc1. The number of benzene rings is 2. The van der Waals surface area contributed by atoms with Gasteiger partial charge in [0, 0.05) is 24.5 Å². The number of nitrogen functional groups attached to an aromatic ring is 1. The summed E-state index contributed by atoms with van der Waals surface area (Å²) in [6.45, 7) is 8.08. The lowest BCUT2D eigenvalue weighted by atomic mass is 10.2. The standard InChI is InChI=1S/C23H30N8O2S/c1-5-30(6-2)18-9-7-17(8-10-18)14-25-27-22-28-29-23(31(22)24)34-15-21(32)26-20-12-11-19(33-4)13-16(20)3/h7-14H,5-6,15,24H2,1-4H3,(H,26,32)(H,27,28)/b25-14+. The number of rotatable bonds is 11. The maximum Gasteiger partial charge on any atom is 0.264 e. The molecule has 34 heavy (non-hydrogen) atoms. The van der Waals surface area contributed by atoms with E-state index in [0.717, 1.165) is 35.7 Å². The van der Waals surface area contributed by atoms with E-state index >= 15 is 0 Å². The molecule has 0 atom stereocenters. The van der Waals surface area contributed by atoms with Gasteiger partial charge in [0.2, 0.25) is 11.1 Å². The molecule has 0 fully saturated rings. The van der Waals surface area contributed by atoms with E-state index in [4.69, 9.17) is 10.6 Å². The van der Waals surface area contributed by atoms with E-state index in [1.165, 1.54) is 22.1 Å². The molecule has 11 heteroatoms. The molecule has 1 heterocycles. The minimum Gasteiger partial charge on any atom is -0.497 e. The largest absolute Gasteiger partial charge is 0.497 e. The van der Waals surface area contributed by atoms with Crippen LogP contribution in [0.2, 0.25) is 0 Å². The lowest BCUT2D eigenvalue weighted by molar-refractivity contribution is -0.113. The molecule has 10 nitrogen and oxygen atoms in total. The first-order chi connectivity index (χ1) is 16.4. The fraction of sp³-hybridized carbons (Fsp3) is 0.304. The van der Waals surface area contributed by atoms with Crippen molar-refractivity contribution < 1.29 is 9.53 Å². The molecule has 3 aromatic rings. The number of hydrazone groups is 1. The number of carbonyl (C=O) groups excluding carboxylic acids is 1. The molecule has 2 aromatic carbocycles. The van der Waals surface area contributed by atoms with Crippen molar-refractivity contribution in [3.8, 4) is 5.75 Å². The third-order valence-electron chi connectivity index (χ3n) is 5.10. The van der Waals surface area contributed by atoms with Crippen LogP contribution in [0.4, 0.5) is 17.3 Å². The third kappa shape index (κ3) is 6.41. The zero-order valence-corrected chi connectivity index (χ0v) is 20.6. The Morgan fingerprint density at radius 3 is 2.59 bits per heavy atom. The number of nitrogens with zero attached hydrogens (tertiary/aromatic N) is 5. The zero-order valence-electron chi connectivity index (χ0n) is 19.8. The van der Waals surface area contributed by atoms with Gasteiger partial charge in [-0.2, -0.15) is 5.10 Å². The molecule has 0 radical (unpaired) electrons.